The van der Waals surface area contributed by atoms with Gasteiger partial charge >= 0.3 is 0 Å². The zero-order valence-electron chi connectivity index (χ0n) is 8.27. The van der Waals surface area contributed by atoms with Crippen molar-refractivity contribution >= 4 is 0 Å². The molecule has 0 bridgehead atoms. The Balaban J connectivity index is 2.20. The van der Waals surface area contributed by atoms with Crippen LogP contribution >= 0.6 is 0 Å². The second kappa shape index (κ2) is 4.11. The van der Waals surface area contributed by atoms with Gasteiger partial charge in [-0.2, -0.15) is 0 Å². The van der Waals surface area contributed by atoms with Gasteiger partial charge in [-0.15, -0.1) is 0 Å². The minimum Gasteiger partial charge on any atom is -0.448 e. The predicted molar refractivity (Wildman–Crippen MR) is 49.8 cm³/mol. The maximum Gasteiger partial charge on any atom is 0.181 e. The summed E-state index contributed by atoms with van der Waals surface area (Å²) in [6.07, 6.45) is 2.35. The van der Waals surface area contributed by atoms with E-state index >= 15 is 0 Å². The molecule has 1 aliphatic rings. The van der Waals surface area contributed by atoms with Crippen molar-refractivity contribution < 1.29 is 14.3 Å². The molecular weight excluding hydrogens is 182 g/mol. The smallest absolute Gasteiger partial charge is 0.181 e. The van der Waals surface area contributed by atoms with Crippen LogP contribution in [0.2, 0.25) is 0 Å². The van der Waals surface area contributed by atoms with E-state index in [1.165, 1.54) is 6.39 Å². The van der Waals surface area contributed by atoms with Gasteiger partial charge in [0.2, 0.25) is 0 Å². The summed E-state index contributed by atoms with van der Waals surface area (Å²) in [5.41, 5.74) is 0.670. The van der Waals surface area contributed by atoms with E-state index in [9.17, 15) is 0 Å². The predicted octanol–water partition coefficient (Wildman–Crippen LogP) is 1.31. The fourth-order valence-electron chi connectivity index (χ4n) is 1.97. The van der Waals surface area contributed by atoms with Gasteiger partial charge in [0.15, 0.2) is 6.39 Å². The number of hydrogen-bond donors (Lipinski definition) is 1. The van der Waals surface area contributed by atoms with E-state index < -0.39 is 0 Å². The maximum atomic E-state index is 9.07. The van der Waals surface area contributed by atoms with Crippen LogP contribution in [0.1, 0.15) is 30.7 Å². The van der Waals surface area contributed by atoms with Gasteiger partial charge in [0.1, 0.15) is 11.5 Å². The lowest BCUT2D eigenvalue weighted by molar-refractivity contribution is 0.0414. The van der Waals surface area contributed by atoms with Crippen molar-refractivity contribution in [2.75, 3.05) is 13.2 Å². The maximum absolute atomic E-state index is 9.07. The lowest BCUT2D eigenvalue weighted by Crippen LogP contribution is -2.24. The largest absolute Gasteiger partial charge is 0.448 e. The lowest BCUT2D eigenvalue weighted by atomic mass is 9.87. The normalized spacial score (nSPS) is 27.9. The van der Waals surface area contributed by atoms with Gasteiger partial charge in [-0.05, 0) is 12.3 Å². The summed E-state index contributed by atoms with van der Waals surface area (Å²) in [4.78, 5) is 3.99. The molecule has 0 radical (unpaired) electrons. The SMILES string of the molecule is CC1COCCC1c1ocnc1CO. The number of rotatable bonds is 2. The molecule has 0 aliphatic carbocycles. The third-order valence-corrected chi connectivity index (χ3v) is 2.80. The van der Waals surface area contributed by atoms with E-state index in [-0.39, 0.29) is 6.61 Å². The second-order valence-corrected chi connectivity index (χ2v) is 3.77. The summed E-state index contributed by atoms with van der Waals surface area (Å²) in [5.74, 6) is 1.61. The zero-order chi connectivity index (χ0) is 9.97. The average molecular weight is 197 g/mol. The Kier molecular flexibility index (Phi) is 2.84. The van der Waals surface area contributed by atoms with E-state index in [0.717, 1.165) is 25.4 Å². The summed E-state index contributed by atoms with van der Waals surface area (Å²) >= 11 is 0. The summed E-state index contributed by atoms with van der Waals surface area (Å²) in [7, 11) is 0. The molecule has 1 fully saturated rings. The van der Waals surface area contributed by atoms with Gasteiger partial charge in [0.25, 0.3) is 0 Å². The van der Waals surface area contributed by atoms with Crippen LogP contribution in [0.15, 0.2) is 10.8 Å². The third-order valence-electron chi connectivity index (χ3n) is 2.80. The van der Waals surface area contributed by atoms with Crippen molar-refractivity contribution in [2.24, 2.45) is 5.92 Å². The lowest BCUT2D eigenvalue weighted by Gasteiger charge is -2.27. The topological polar surface area (TPSA) is 55.5 Å². The number of aromatic nitrogens is 1. The quantitative estimate of drug-likeness (QED) is 0.776. The molecule has 0 amide bonds. The Morgan fingerprint density at radius 2 is 2.50 bits per heavy atom. The van der Waals surface area contributed by atoms with E-state index in [2.05, 4.69) is 11.9 Å². The average Bonchev–Trinajstić information content (AvgIpc) is 2.66. The van der Waals surface area contributed by atoms with Crippen LogP contribution in [0.4, 0.5) is 0 Å². The zero-order valence-corrected chi connectivity index (χ0v) is 8.27. The molecule has 2 heterocycles. The highest BCUT2D eigenvalue weighted by Gasteiger charge is 2.28. The van der Waals surface area contributed by atoms with Crippen molar-refractivity contribution in [3.8, 4) is 0 Å². The monoisotopic (exact) mass is 197 g/mol. The molecule has 0 spiro atoms. The van der Waals surface area contributed by atoms with Gasteiger partial charge < -0.3 is 14.3 Å². The Labute approximate surface area is 82.9 Å². The molecular formula is C10H15NO3. The number of hydrogen-bond acceptors (Lipinski definition) is 4. The Bertz CT molecular complexity index is 297. The third kappa shape index (κ3) is 1.67. The molecule has 4 heteroatoms. The van der Waals surface area contributed by atoms with E-state index in [0.29, 0.717) is 17.5 Å². The molecule has 1 aliphatic heterocycles. The van der Waals surface area contributed by atoms with Crippen LogP contribution in [-0.2, 0) is 11.3 Å². The number of aliphatic hydroxyl groups excluding tert-OH is 1. The second-order valence-electron chi connectivity index (χ2n) is 3.77. The van der Waals surface area contributed by atoms with Crippen molar-refractivity contribution in [1.29, 1.82) is 0 Å². The number of nitrogens with zero attached hydrogens (tertiary/aromatic N) is 1. The minimum absolute atomic E-state index is 0.0457. The molecule has 1 saturated heterocycles. The molecule has 2 atom stereocenters. The standard InChI is InChI=1S/C10H15NO3/c1-7-5-13-3-2-8(7)10-9(4-12)11-6-14-10/h6-8,12H,2-5H2,1H3. The molecule has 1 aromatic heterocycles. The van der Waals surface area contributed by atoms with Gasteiger partial charge in [-0.25, -0.2) is 4.98 Å². The summed E-state index contributed by atoms with van der Waals surface area (Å²) < 4.78 is 10.7. The highest BCUT2D eigenvalue weighted by atomic mass is 16.5. The molecule has 78 valence electrons. The first-order chi connectivity index (χ1) is 6.83. The number of oxazole rings is 1. The summed E-state index contributed by atoms with van der Waals surface area (Å²) in [5, 5.41) is 9.07. The number of aliphatic hydroxyl groups is 1. The van der Waals surface area contributed by atoms with Gasteiger partial charge in [-0.1, -0.05) is 6.92 Å². The fourth-order valence-corrected chi connectivity index (χ4v) is 1.97. The van der Waals surface area contributed by atoms with Crippen molar-refractivity contribution in [3.05, 3.63) is 17.8 Å². The van der Waals surface area contributed by atoms with E-state index in [1.807, 2.05) is 0 Å². The summed E-state index contributed by atoms with van der Waals surface area (Å²) in [6.45, 7) is 3.61. The highest BCUT2D eigenvalue weighted by Crippen LogP contribution is 2.33. The van der Waals surface area contributed by atoms with Crippen LogP contribution < -0.4 is 0 Å². The molecule has 14 heavy (non-hydrogen) atoms. The Morgan fingerprint density at radius 3 is 3.21 bits per heavy atom. The molecule has 1 N–H and O–H groups in total. The van der Waals surface area contributed by atoms with E-state index in [1.54, 1.807) is 0 Å². The molecule has 1 aromatic rings. The van der Waals surface area contributed by atoms with Crippen LogP contribution in [-0.4, -0.2) is 23.3 Å². The molecule has 0 saturated carbocycles. The molecule has 2 unspecified atom stereocenters. The molecule has 0 aromatic carbocycles. The summed E-state index contributed by atoms with van der Waals surface area (Å²) in [6, 6.07) is 0. The highest BCUT2D eigenvalue weighted by molar-refractivity contribution is 5.13. The van der Waals surface area contributed by atoms with Crippen molar-refractivity contribution in [3.63, 3.8) is 0 Å². The first-order valence-corrected chi connectivity index (χ1v) is 4.93. The van der Waals surface area contributed by atoms with Gasteiger partial charge in [0, 0.05) is 19.1 Å². The van der Waals surface area contributed by atoms with Gasteiger partial charge in [-0.3, -0.25) is 0 Å². The number of ether oxygens (including phenoxy) is 1. The first kappa shape index (κ1) is 9.68. The van der Waals surface area contributed by atoms with Crippen LogP contribution in [0.25, 0.3) is 0 Å². The van der Waals surface area contributed by atoms with Crippen molar-refractivity contribution in [2.45, 2.75) is 25.9 Å². The fraction of sp³-hybridized carbons (Fsp3) is 0.700. The van der Waals surface area contributed by atoms with Crippen LogP contribution in [0, 0.1) is 5.92 Å². The first-order valence-electron chi connectivity index (χ1n) is 4.93. The molecule has 4 nitrogen and oxygen atoms in total. The Hall–Kier alpha value is -0.870. The van der Waals surface area contributed by atoms with Gasteiger partial charge in [0.05, 0.1) is 6.61 Å². The minimum atomic E-state index is -0.0457. The van der Waals surface area contributed by atoms with Crippen LogP contribution in [0.5, 0.6) is 0 Å². The van der Waals surface area contributed by atoms with Crippen LogP contribution in [0.3, 0.4) is 0 Å². The van der Waals surface area contributed by atoms with E-state index in [4.69, 9.17) is 14.3 Å². The molecule has 2 rings (SSSR count). The Morgan fingerprint density at radius 1 is 1.64 bits per heavy atom. The van der Waals surface area contributed by atoms with Crippen molar-refractivity contribution in [1.82, 2.24) is 4.98 Å².